The Morgan fingerprint density at radius 2 is 2.08 bits per heavy atom. The fourth-order valence-corrected chi connectivity index (χ4v) is 0.763. The first-order valence-corrected chi connectivity index (χ1v) is 3.58. The highest BCUT2D eigenvalue weighted by Gasteiger charge is 2.33. The average Bonchev–Trinajstić information content (AvgIpc) is 2.29. The van der Waals surface area contributed by atoms with Crippen LogP contribution in [0.1, 0.15) is 12.7 Å². The third kappa shape index (κ3) is 2.60. The van der Waals surface area contributed by atoms with Crippen LogP contribution in [0, 0.1) is 0 Å². The first-order chi connectivity index (χ1) is 5.92. The summed E-state index contributed by atoms with van der Waals surface area (Å²) in [6.45, 7) is 1.74. The summed E-state index contributed by atoms with van der Waals surface area (Å²) in [5.74, 6) is 0.321. The Morgan fingerprint density at radius 3 is 2.46 bits per heavy atom. The van der Waals surface area contributed by atoms with Crippen molar-refractivity contribution < 1.29 is 17.9 Å². The molecule has 0 aliphatic heterocycles. The lowest BCUT2D eigenvalue weighted by molar-refractivity contribution is -0.278. The zero-order valence-electron chi connectivity index (χ0n) is 7.09. The average molecular weight is 195 g/mol. The third-order valence-electron chi connectivity index (χ3n) is 1.29. The summed E-state index contributed by atoms with van der Waals surface area (Å²) in [7, 11) is 1.34. The van der Waals surface area contributed by atoms with Crippen molar-refractivity contribution in [3.8, 4) is 6.01 Å². The molecule has 0 aromatic carbocycles. The number of alkyl halides is 3. The van der Waals surface area contributed by atoms with Crippen LogP contribution in [-0.2, 0) is 13.5 Å². The van der Waals surface area contributed by atoms with E-state index in [1.54, 1.807) is 6.92 Å². The maximum atomic E-state index is 11.7. The molecule has 0 bridgehead atoms. The van der Waals surface area contributed by atoms with Crippen LogP contribution in [-0.4, -0.2) is 21.1 Å². The molecule has 1 rings (SSSR count). The summed E-state index contributed by atoms with van der Waals surface area (Å²) < 4.78 is 39.7. The summed E-state index contributed by atoms with van der Waals surface area (Å²) in [5, 5.41) is 3.69. The molecule has 0 amide bonds. The fourth-order valence-electron chi connectivity index (χ4n) is 0.763. The van der Waals surface area contributed by atoms with E-state index in [9.17, 15) is 13.2 Å². The molecule has 0 unspecified atom stereocenters. The van der Waals surface area contributed by atoms with Crippen LogP contribution in [0.25, 0.3) is 0 Å². The SMILES string of the molecule is CCc1nc(OC(F)(F)F)n(C)n1. The summed E-state index contributed by atoms with van der Waals surface area (Å²) in [5.41, 5.74) is 0. The Balaban J connectivity index is 2.83. The molecule has 1 aromatic rings. The Labute approximate surface area is 72.3 Å². The molecule has 0 saturated heterocycles. The summed E-state index contributed by atoms with van der Waals surface area (Å²) in [6, 6.07) is -0.538. The van der Waals surface area contributed by atoms with Gasteiger partial charge in [-0.2, -0.15) is 10.1 Å². The lowest BCUT2D eigenvalue weighted by Crippen LogP contribution is -2.19. The highest BCUT2D eigenvalue weighted by Crippen LogP contribution is 2.20. The number of halogens is 3. The Hall–Kier alpha value is -1.27. The van der Waals surface area contributed by atoms with E-state index >= 15 is 0 Å². The van der Waals surface area contributed by atoms with Gasteiger partial charge in [-0.25, -0.2) is 4.68 Å². The van der Waals surface area contributed by atoms with E-state index in [-0.39, 0.29) is 0 Å². The van der Waals surface area contributed by atoms with Crippen LogP contribution in [0.4, 0.5) is 13.2 Å². The Morgan fingerprint density at radius 1 is 1.46 bits per heavy atom. The molecule has 0 atom stereocenters. The number of ether oxygens (including phenoxy) is 1. The minimum absolute atomic E-state index is 0.321. The highest BCUT2D eigenvalue weighted by molar-refractivity contribution is 4.97. The van der Waals surface area contributed by atoms with Crippen LogP contribution in [0.5, 0.6) is 6.01 Å². The lowest BCUT2D eigenvalue weighted by atomic mass is 10.5. The fraction of sp³-hybridized carbons (Fsp3) is 0.667. The number of aromatic nitrogens is 3. The van der Waals surface area contributed by atoms with Gasteiger partial charge in [-0.3, -0.25) is 0 Å². The van der Waals surface area contributed by atoms with Crippen LogP contribution < -0.4 is 4.74 Å². The first-order valence-electron chi connectivity index (χ1n) is 3.58. The van der Waals surface area contributed by atoms with Gasteiger partial charge in [-0.1, -0.05) is 6.92 Å². The maximum Gasteiger partial charge on any atom is 0.575 e. The lowest BCUT2D eigenvalue weighted by Gasteiger charge is -2.05. The van der Waals surface area contributed by atoms with Gasteiger partial charge in [0.15, 0.2) is 5.82 Å². The van der Waals surface area contributed by atoms with Crippen LogP contribution in [0.3, 0.4) is 0 Å². The second kappa shape index (κ2) is 3.23. The van der Waals surface area contributed by atoms with Crippen molar-refractivity contribution in [3.63, 3.8) is 0 Å². The van der Waals surface area contributed by atoms with Gasteiger partial charge in [-0.05, 0) is 0 Å². The van der Waals surface area contributed by atoms with E-state index in [4.69, 9.17) is 0 Å². The Kier molecular flexibility index (Phi) is 2.44. The molecule has 74 valence electrons. The molecule has 0 radical (unpaired) electrons. The molecular formula is C6H8F3N3O. The van der Waals surface area contributed by atoms with Crippen molar-refractivity contribution in [2.45, 2.75) is 19.7 Å². The van der Waals surface area contributed by atoms with Crippen molar-refractivity contribution in [3.05, 3.63) is 5.82 Å². The first kappa shape index (κ1) is 9.82. The molecule has 0 spiro atoms. The van der Waals surface area contributed by atoms with Crippen LogP contribution in [0.2, 0.25) is 0 Å². The molecule has 0 N–H and O–H groups in total. The molecule has 13 heavy (non-hydrogen) atoms. The van der Waals surface area contributed by atoms with Gasteiger partial charge < -0.3 is 4.74 Å². The van der Waals surface area contributed by atoms with Crippen LogP contribution in [0.15, 0.2) is 0 Å². The van der Waals surface area contributed by atoms with Crippen molar-refractivity contribution in [1.82, 2.24) is 14.8 Å². The van der Waals surface area contributed by atoms with E-state index in [1.165, 1.54) is 7.05 Å². The monoisotopic (exact) mass is 195 g/mol. The van der Waals surface area contributed by atoms with Crippen molar-refractivity contribution in [1.29, 1.82) is 0 Å². The van der Waals surface area contributed by atoms with E-state index < -0.39 is 12.4 Å². The summed E-state index contributed by atoms with van der Waals surface area (Å²) >= 11 is 0. The van der Waals surface area contributed by atoms with Crippen LogP contribution >= 0.6 is 0 Å². The quantitative estimate of drug-likeness (QED) is 0.713. The molecule has 1 aromatic heterocycles. The normalized spacial score (nSPS) is 11.8. The van der Waals surface area contributed by atoms with Gasteiger partial charge in [0.1, 0.15) is 0 Å². The van der Waals surface area contributed by atoms with Crippen molar-refractivity contribution >= 4 is 0 Å². The molecule has 0 fully saturated rings. The van der Waals surface area contributed by atoms with Crippen molar-refractivity contribution in [2.75, 3.05) is 0 Å². The predicted octanol–water partition coefficient (Wildman–Crippen LogP) is 1.28. The van der Waals surface area contributed by atoms with Gasteiger partial charge in [0.2, 0.25) is 0 Å². The third-order valence-corrected chi connectivity index (χ3v) is 1.29. The largest absolute Gasteiger partial charge is 0.575 e. The maximum absolute atomic E-state index is 11.7. The van der Waals surface area contributed by atoms with Gasteiger partial charge in [0, 0.05) is 13.5 Å². The molecule has 4 nitrogen and oxygen atoms in total. The summed E-state index contributed by atoms with van der Waals surface area (Å²) in [4.78, 5) is 3.52. The number of hydrogen-bond acceptors (Lipinski definition) is 3. The van der Waals surface area contributed by atoms with E-state index in [1.807, 2.05) is 0 Å². The van der Waals surface area contributed by atoms with Gasteiger partial charge in [0.05, 0.1) is 0 Å². The van der Waals surface area contributed by atoms with Gasteiger partial charge in [0.25, 0.3) is 0 Å². The topological polar surface area (TPSA) is 39.9 Å². The number of rotatable bonds is 2. The molecule has 7 heteroatoms. The smallest absolute Gasteiger partial charge is 0.371 e. The second-order valence-corrected chi connectivity index (χ2v) is 2.34. The standard InChI is InChI=1S/C6H8F3N3O/c1-3-4-10-5(12(2)11-4)13-6(7,8)9/h3H2,1-2H3. The highest BCUT2D eigenvalue weighted by atomic mass is 19.4. The Bertz CT molecular complexity index is 294. The number of nitrogens with zero attached hydrogens (tertiary/aromatic N) is 3. The molecule has 0 saturated carbocycles. The zero-order valence-corrected chi connectivity index (χ0v) is 7.09. The molecule has 0 aliphatic rings. The molecule has 0 aliphatic carbocycles. The van der Waals surface area contributed by atoms with Gasteiger partial charge >= 0.3 is 12.4 Å². The zero-order chi connectivity index (χ0) is 10.1. The minimum Gasteiger partial charge on any atom is -0.371 e. The molecular weight excluding hydrogens is 187 g/mol. The van der Waals surface area contributed by atoms with Crippen molar-refractivity contribution in [2.24, 2.45) is 7.05 Å². The van der Waals surface area contributed by atoms with E-state index in [2.05, 4.69) is 14.8 Å². The minimum atomic E-state index is -4.72. The number of aryl methyl sites for hydroxylation is 2. The number of hydrogen-bond donors (Lipinski definition) is 0. The van der Waals surface area contributed by atoms with Gasteiger partial charge in [-0.15, -0.1) is 13.2 Å². The predicted molar refractivity (Wildman–Crippen MR) is 37.1 cm³/mol. The van der Waals surface area contributed by atoms with E-state index in [0.29, 0.717) is 12.2 Å². The second-order valence-electron chi connectivity index (χ2n) is 2.34. The molecule has 1 heterocycles. The summed E-state index contributed by atoms with van der Waals surface area (Å²) in [6.07, 6.45) is -4.25. The van der Waals surface area contributed by atoms with E-state index in [0.717, 1.165) is 4.68 Å².